The topological polar surface area (TPSA) is 58.2 Å². The SMILES string of the molecule is CC1CCc2sc(C(=O)NNC(=O)CCCc3cccs3)cc2C1. The Morgan fingerprint density at radius 2 is 2.21 bits per heavy atom. The van der Waals surface area contributed by atoms with Crippen molar-refractivity contribution in [3.05, 3.63) is 43.8 Å². The molecule has 0 aliphatic heterocycles. The van der Waals surface area contributed by atoms with Crippen molar-refractivity contribution in [3.63, 3.8) is 0 Å². The summed E-state index contributed by atoms with van der Waals surface area (Å²) >= 11 is 3.25. The number of hydrogen-bond donors (Lipinski definition) is 2. The lowest BCUT2D eigenvalue weighted by Gasteiger charge is -2.16. The number of rotatable bonds is 5. The molecule has 1 aliphatic rings. The predicted octanol–water partition coefficient (Wildman–Crippen LogP) is 3.72. The number of aryl methyl sites for hydroxylation is 2. The van der Waals surface area contributed by atoms with Gasteiger partial charge in [0.15, 0.2) is 0 Å². The van der Waals surface area contributed by atoms with Crippen LogP contribution in [0, 0.1) is 5.92 Å². The largest absolute Gasteiger partial charge is 0.279 e. The van der Waals surface area contributed by atoms with Crippen LogP contribution in [0.4, 0.5) is 0 Å². The molecule has 2 aromatic rings. The molecular formula is C18H22N2O2S2. The highest BCUT2D eigenvalue weighted by Gasteiger charge is 2.20. The summed E-state index contributed by atoms with van der Waals surface area (Å²) in [4.78, 5) is 27.3. The zero-order valence-corrected chi connectivity index (χ0v) is 15.4. The zero-order valence-electron chi connectivity index (χ0n) is 13.8. The van der Waals surface area contributed by atoms with Crippen molar-refractivity contribution in [2.24, 2.45) is 5.92 Å². The number of hydrazine groups is 1. The van der Waals surface area contributed by atoms with Crippen molar-refractivity contribution in [2.45, 2.75) is 45.4 Å². The maximum Gasteiger partial charge on any atom is 0.279 e. The summed E-state index contributed by atoms with van der Waals surface area (Å²) < 4.78 is 0. The van der Waals surface area contributed by atoms with Gasteiger partial charge in [0.1, 0.15) is 0 Å². The number of amides is 2. The van der Waals surface area contributed by atoms with Gasteiger partial charge in [-0.25, -0.2) is 0 Å². The molecule has 128 valence electrons. The van der Waals surface area contributed by atoms with E-state index in [1.807, 2.05) is 17.5 Å². The number of hydrogen-bond acceptors (Lipinski definition) is 4. The molecule has 1 aliphatic carbocycles. The van der Waals surface area contributed by atoms with E-state index in [0.29, 0.717) is 17.2 Å². The summed E-state index contributed by atoms with van der Waals surface area (Å²) in [7, 11) is 0. The van der Waals surface area contributed by atoms with Crippen LogP contribution < -0.4 is 10.9 Å². The van der Waals surface area contributed by atoms with Crippen LogP contribution in [0.3, 0.4) is 0 Å². The Labute approximate surface area is 150 Å². The first-order valence-electron chi connectivity index (χ1n) is 8.35. The second-order valence-electron chi connectivity index (χ2n) is 6.34. The molecule has 0 bridgehead atoms. The van der Waals surface area contributed by atoms with Gasteiger partial charge in [0.25, 0.3) is 5.91 Å². The third kappa shape index (κ3) is 4.45. The summed E-state index contributed by atoms with van der Waals surface area (Å²) in [5.74, 6) is 0.328. The number of carbonyl (C=O) groups is 2. The number of thiophene rings is 2. The van der Waals surface area contributed by atoms with Crippen LogP contribution >= 0.6 is 22.7 Å². The fourth-order valence-electron chi connectivity index (χ4n) is 2.95. The molecule has 2 aromatic heterocycles. The molecule has 0 saturated heterocycles. The van der Waals surface area contributed by atoms with Gasteiger partial charge in [-0.05, 0) is 61.1 Å². The van der Waals surface area contributed by atoms with E-state index >= 15 is 0 Å². The average molecular weight is 363 g/mol. The lowest BCUT2D eigenvalue weighted by atomic mass is 9.90. The third-order valence-electron chi connectivity index (χ3n) is 4.28. The molecule has 0 spiro atoms. The summed E-state index contributed by atoms with van der Waals surface area (Å²) in [5, 5.41) is 2.04. The van der Waals surface area contributed by atoms with Gasteiger partial charge in [0.2, 0.25) is 5.91 Å². The molecule has 24 heavy (non-hydrogen) atoms. The number of fused-ring (bicyclic) bond motifs is 1. The molecular weight excluding hydrogens is 340 g/mol. The van der Waals surface area contributed by atoms with Gasteiger partial charge in [-0.15, -0.1) is 22.7 Å². The zero-order chi connectivity index (χ0) is 16.9. The molecule has 0 fully saturated rings. The van der Waals surface area contributed by atoms with Gasteiger partial charge in [-0.2, -0.15) is 0 Å². The second-order valence-corrected chi connectivity index (χ2v) is 8.51. The van der Waals surface area contributed by atoms with Crippen LogP contribution in [0.15, 0.2) is 23.6 Å². The second kappa shape index (κ2) is 7.94. The minimum absolute atomic E-state index is 0.144. The summed E-state index contributed by atoms with van der Waals surface area (Å²) in [6.45, 7) is 2.25. The monoisotopic (exact) mass is 362 g/mol. The van der Waals surface area contributed by atoms with E-state index in [4.69, 9.17) is 0 Å². The van der Waals surface area contributed by atoms with E-state index in [1.165, 1.54) is 21.7 Å². The highest BCUT2D eigenvalue weighted by molar-refractivity contribution is 7.14. The predicted molar refractivity (Wildman–Crippen MR) is 98.4 cm³/mol. The summed E-state index contributed by atoms with van der Waals surface area (Å²) in [6.07, 6.45) is 5.40. The Morgan fingerprint density at radius 3 is 3.00 bits per heavy atom. The number of nitrogens with one attached hydrogen (secondary N) is 2. The van der Waals surface area contributed by atoms with Gasteiger partial charge < -0.3 is 0 Å². The lowest BCUT2D eigenvalue weighted by Crippen LogP contribution is -2.41. The maximum absolute atomic E-state index is 12.2. The Bertz CT molecular complexity index is 707. The molecule has 2 N–H and O–H groups in total. The van der Waals surface area contributed by atoms with Gasteiger partial charge in [-0.3, -0.25) is 20.4 Å². The van der Waals surface area contributed by atoms with Crippen LogP contribution in [-0.4, -0.2) is 11.8 Å². The molecule has 6 heteroatoms. The Hall–Kier alpha value is -1.66. The lowest BCUT2D eigenvalue weighted by molar-refractivity contribution is -0.121. The van der Waals surface area contributed by atoms with Crippen LogP contribution in [0.5, 0.6) is 0 Å². The first-order valence-corrected chi connectivity index (χ1v) is 10.0. The highest BCUT2D eigenvalue weighted by atomic mass is 32.1. The van der Waals surface area contributed by atoms with E-state index in [0.717, 1.165) is 25.7 Å². The van der Waals surface area contributed by atoms with Crippen molar-refractivity contribution >= 4 is 34.5 Å². The van der Waals surface area contributed by atoms with Crippen LogP contribution in [0.2, 0.25) is 0 Å². The van der Waals surface area contributed by atoms with Crippen molar-refractivity contribution in [2.75, 3.05) is 0 Å². The summed E-state index contributed by atoms with van der Waals surface area (Å²) in [5.41, 5.74) is 6.36. The molecule has 1 atom stereocenters. The quantitative estimate of drug-likeness (QED) is 0.797. The average Bonchev–Trinajstić information content (AvgIpc) is 3.21. The molecule has 0 radical (unpaired) electrons. The van der Waals surface area contributed by atoms with Crippen LogP contribution in [0.25, 0.3) is 0 Å². The van der Waals surface area contributed by atoms with Crippen LogP contribution in [-0.2, 0) is 24.1 Å². The molecule has 3 rings (SSSR count). The standard InChI is InChI=1S/C18H22N2O2S2/c1-12-7-8-15-13(10-12)11-16(24-15)18(22)20-19-17(21)6-2-4-14-5-3-9-23-14/h3,5,9,11-12H,2,4,6-8,10H2,1H3,(H,19,21)(H,20,22). The van der Waals surface area contributed by atoms with E-state index in [2.05, 4.69) is 23.8 Å². The Kier molecular flexibility index (Phi) is 5.68. The van der Waals surface area contributed by atoms with Gasteiger partial charge in [-0.1, -0.05) is 13.0 Å². The minimum Gasteiger partial charge on any atom is -0.273 e. The summed E-state index contributed by atoms with van der Waals surface area (Å²) in [6, 6.07) is 6.07. The molecule has 2 amide bonds. The van der Waals surface area contributed by atoms with Crippen molar-refractivity contribution in [1.29, 1.82) is 0 Å². The van der Waals surface area contributed by atoms with Crippen molar-refractivity contribution < 1.29 is 9.59 Å². The van der Waals surface area contributed by atoms with Gasteiger partial charge in [0.05, 0.1) is 4.88 Å². The van der Waals surface area contributed by atoms with E-state index in [-0.39, 0.29) is 11.8 Å². The minimum atomic E-state index is -0.214. The Balaban J connectivity index is 1.42. The van der Waals surface area contributed by atoms with Crippen LogP contribution in [0.1, 0.15) is 51.2 Å². The maximum atomic E-state index is 12.2. The molecule has 0 saturated carbocycles. The van der Waals surface area contributed by atoms with Crippen molar-refractivity contribution in [3.8, 4) is 0 Å². The molecule has 0 aromatic carbocycles. The van der Waals surface area contributed by atoms with Gasteiger partial charge in [0, 0.05) is 16.2 Å². The molecule has 4 nitrogen and oxygen atoms in total. The first kappa shape index (κ1) is 17.2. The van der Waals surface area contributed by atoms with E-state index < -0.39 is 0 Å². The normalized spacial score (nSPS) is 16.5. The molecule has 1 unspecified atom stereocenters. The van der Waals surface area contributed by atoms with Gasteiger partial charge >= 0.3 is 0 Å². The smallest absolute Gasteiger partial charge is 0.273 e. The van der Waals surface area contributed by atoms with Crippen molar-refractivity contribution in [1.82, 2.24) is 10.9 Å². The molecule has 2 heterocycles. The van der Waals surface area contributed by atoms with E-state index in [9.17, 15) is 9.59 Å². The fraction of sp³-hybridized carbons (Fsp3) is 0.444. The third-order valence-corrected chi connectivity index (χ3v) is 6.45. The highest BCUT2D eigenvalue weighted by Crippen LogP contribution is 2.32. The van der Waals surface area contributed by atoms with E-state index in [1.54, 1.807) is 22.7 Å². The Morgan fingerprint density at radius 1 is 1.33 bits per heavy atom. The number of carbonyl (C=O) groups excluding carboxylic acids is 2. The fourth-order valence-corrected chi connectivity index (χ4v) is 4.80. The first-order chi connectivity index (χ1) is 11.6.